The first kappa shape index (κ1) is 40.3. The first-order valence-corrected chi connectivity index (χ1v) is 20.9. The molecular formula is C50H54N2O7. The van der Waals surface area contributed by atoms with Crippen molar-refractivity contribution in [1.82, 2.24) is 4.90 Å². The molecule has 1 aliphatic heterocycles. The Bertz CT molecular complexity index is 2370. The van der Waals surface area contributed by atoms with E-state index in [2.05, 4.69) is 48.1 Å². The third kappa shape index (κ3) is 7.87. The minimum Gasteiger partial charge on any atom is -0.459 e. The summed E-state index contributed by atoms with van der Waals surface area (Å²) in [5, 5.41) is 28.7. The van der Waals surface area contributed by atoms with Crippen molar-refractivity contribution in [2.45, 2.75) is 62.7 Å². The predicted molar refractivity (Wildman–Crippen MR) is 232 cm³/mol. The highest BCUT2D eigenvalue weighted by molar-refractivity contribution is 6.04. The number of ether oxygens (including phenoxy) is 3. The minimum atomic E-state index is -1.34. The van der Waals surface area contributed by atoms with E-state index in [0.29, 0.717) is 36.3 Å². The molecule has 6 atom stereocenters. The molecule has 8 rings (SSSR count). The molecule has 306 valence electrons. The quantitative estimate of drug-likeness (QED) is 0.0582. The van der Waals surface area contributed by atoms with Crippen molar-refractivity contribution in [3.63, 3.8) is 0 Å². The van der Waals surface area contributed by atoms with Gasteiger partial charge in [-0.05, 0) is 107 Å². The molecule has 0 spiro atoms. The molecule has 1 saturated carbocycles. The van der Waals surface area contributed by atoms with Crippen molar-refractivity contribution in [3.05, 3.63) is 139 Å². The first-order chi connectivity index (χ1) is 28.9. The van der Waals surface area contributed by atoms with Crippen molar-refractivity contribution in [2.75, 3.05) is 34.0 Å². The number of aliphatic hydroxyl groups is 2. The molecular weight excluding hydrogens is 741 g/mol. The summed E-state index contributed by atoms with van der Waals surface area (Å²) < 4.78 is 21.0. The number of carbonyl (C=O) groups is 1. The Hall–Kier alpha value is -5.48. The van der Waals surface area contributed by atoms with E-state index in [0.717, 1.165) is 69.8 Å². The fourth-order valence-electron chi connectivity index (χ4n) is 9.94. The number of hydrogen-bond donors (Lipinski definition) is 2. The number of rotatable bonds is 16. The maximum atomic E-state index is 14.7. The summed E-state index contributed by atoms with van der Waals surface area (Å²) in [6, 6.07) is 33.6. The Morgan fingerprint density at radius 3 is 2.24 bits per heavy atom. The van der Waals surface area contributed by atoms with Crippen LogP contribution in [0.5, 0.6) is 17.2 Å². The van der Waals surface area contributed by atoms with Gasteiger partial charge in [0.05, 0.1) is 18.2 Å². The van der Waals surface area contributed by atoms with Gasteiger partial charge in [0.2, 0.25) is 5.79 Å². The zero-order chi connectivity index (χ0) is 40.9. The van der Waals surface area contributed by atoms with Crippen LogP contribution in [-0.4, -0.2) is 72.5 Å². The summed E-state index contributed by atoms with van der Waals surface area (Å²) in [4.78, 5) is 22.1. The largest absolute Gasteiger partial charge is 0.459 e. The van der Waals surface area contributed by atoms with Crippen LogP contribution >= 0.6 is 0 Å². The number of hydrogen-bond acceptors (Lipinski definition) is 8. The van der Waals surface area contributed by atoms with E-state index < -0.39 is 17.7 Å². The van der Waals surface area contributed by atoms with E-state index in [1.165, 1.54) is 0 Å². The molecule has 9 heteroatoms. The molecule has 5 aromatic carbocycles. The summed E-state index contributed by atoms with van der Waals surface area (Å²) in [7, 11) is 3.39. The highest BCUT2D eigenvalue weighted by atomic mass is 16.7. The fraction of sp³-hybridized carbons (Fsp3) is 0.360. The molecule has 1 amide bonds. The molecule has 1 fully saturated rings. The minimum absolute atomic E-state index is 0.100. The molecule has 5 aromatic rings. The van der Waals surface area contributed by atoms with E-state index in [9.17, 15) is 15.0 Å². The molecule has 0 bridgehead atoms. The van der Waals surface area contributed by atoms with Gasteiger partial charge in [0.1, 0.15) is 30.4 Å². The predicted octanol–water partition coefficient (Wildman–Crippen LogP) is 9.82. The van der Waals surface area contributed by atoms with Crippen LogP contribution in [-0.2, 0) is 9.57 Å². The van der Waals surface area contributed by atoms with Gasteiger partial charge in [0.15, 0.2) is 0 Å². The zero-order valence-corrected chi connectivity index (χ0v) is 34.0. The lowest BCUT2D eigenvalue weighted by molar-refractivity contribution is -0.252. The van der Waals surface area contributed by atoms with Crippen LogP contribution in [0, 0.1) is 17.8 Å². The van der Waals surface area contributed by atoms with Crippen LogP contribution < -0.4 is 9.47 Å². The van der Waals surface area contributed by atoms with E-state index in [1.54, 1.807) is 18.1 Å². The second kappa shape index (κ2) is 17.8. The summed E-state index contributed by atoms with van der Waals surface area (Å²) >= 11 is 0. The number of oxime groups is 1. The van der Waals surface area contributed by atoms with Gasteiger partial charge in [-0.25, -0.2) is 0 Å². The van der Waals surface area contributed by atoms with Gasteiger partial charge in [0.25, 0.3) is 5.91 Å². The number of aliphatic hydroxyl groups excluding tert-OH is 2. The summed E-state index contributed by atoms with van der Waals surface area (Å²) in [5.74, 6) is 0.262. The van der Waals surface area contributed by atoms with Gasteiger partial charge in [-0.15, -0.1) is 6.58 Å². The van der Waals surface area contributed by atoms with E-state index >= 15 is 0 Å². The average molecular weight is 795 g/mol. The maximum absolute atomic E-state index is 14.7. The number of benzene rings is 5. The highest BCUT2D eigenvalue weighted by Crippen LogP contribution is 2.62. The molecule has 2 N–H and O–H groups in total. The normalized spacial score (nSPS) is 23.8. The summed E-state index contributed by atoms with van der Waals surface area (Å²) in [6.07, 6.45) is 9.18. The second-order valence-corrected chi connectivity index (χ2v) is 16.0. The number of allylic oxidation sites excluding steroid dienone is 1. The molecule has 9 nitrogen and oxygen atoms in total. The molecule has 6 unspecified atom stereocenters. The fourth-order valence-corrected chi connectivity index (χ4v) is 9.94. The van der Waals surface area contributed by atoms with Gasteiger partial charge < -0.3 is 34.2 Å². The number of nitrogens with zero attached hydrogens (tertiary/aromatic N) is 2. The average Bonchev–Trinajstić information content (AvgIpc) is 3.26. The number of unbranched alkanes of at least 4 members (excludes halogenated alkanes) is 2. The van der Waals surface area contributed by atoms with E-state index in [-0.39, 0.29) is 43.5 Å². The lowest BCUT2D eigenvalue weighted by Gasteiger charge is -2.59. The van der Waals surface area contributed by atoms with Gasteiger partial charge in [-0.2, -0.15) is 0 Å². The van der Waals surface area contributed by atoms with Crippen molar-refractivity contribution >= 4 is 33.2 Å². The molecule has 2 aliphatic carbocycles. The SMILES string of the molecule is C=CCOC12Oc3ccc(Oc4ccc5ccccc5c4)cc3C3C(CCCCO)C(CCCCO)C=C(C(=NOC)CC1N(C)C(=O)c1ccc4ccccc4c1)C32. The van der Waals surface area contributed by atoms with Crippen molar-refractivity contribution in [1.29, 1.82) is 0 Å². The summed E-state index contributed by atoms with van der Waals surface area (Å²) in [5.41, 5.74) is 3.30. The number of fused-ring (bicyclic) bond motifs is 4. The Morgan fingerprint density at radius 2 is 1.53 bits per heavy atom. The standard InChI is InChI=1S/C50H54N2O7/c1-4-27-57-50-46(52(2)49(55)38-20-19-33-13-5-7-15-35(33)28-38)32-44(51-56-3)42-30-37(17-9-11-25-53)41(18-10-12-26-54)47(48(42)50)43-31-40(23-24-45(43)59-50)58-39-22-21-34-14-6-8-16-36(34)29-39/h4-8,13-16,19-24,28-31,37,41,46-48,53-54H,1,9-12,17-18,25-27,32H2,2-3H3. The Morgan fingerprint density at radius 1 is 0.864 bits per heavy atom. The number of amides is 1. The summed E-state index contributed by atoms with van der Waals surface area (Å²) in [6.45, 7) is 4.46. The molecule has 1 heterocycles. The first-order valence-electron chi connectivity index (χ1n) is 20.9. The monoisotopic (exact) mass is 794 g/mol. The van der Waals surface area contributed by atoms with Crippen LogP contribution in [0.25, 0.3) is 21.5 Å². The van der Waals surface area contributed by atoms with E-state index in [4.69, 9.17) is 19.0 Å². The van der Waals surface area contributed by atoms with Crippen molar-refractivity contribution < 1.29 is 34.1 Å². The molecule has 0 aromatic heterocycles. The van der Waals surface area contributed by atoms with Crippen molar-refractivity contribution in [2.24, 2.45) is 22.9 Å². The van der Waals surface area contributed by atoms with Crippen LogP contribution in [0.4, 0.5) is 0 Å². The molecule has 0 radical (unpaired) electrons. The van der Waals surface area contributed by atoms with Crippen molar-refractivity contribution in [3.8, 4) is 17.2 Å². The third-order valence-electron chi connectivity index (χ3n) is 12.6. The van der Waals surface area contributed by atoms with Gasteiger partial charge >= 0.3 is 0 Å². The maximum Gasteiger partial charge on any atom is 0.254 e. The van der Waals surface area contributed by atoms with Crippen LogP contribution in [0.1, 0.15) is 66.8 Å². The number of carbonyl (C=O) groups excluding carboxylic acids is 1. The topological polar surface area (TPSA) is 110 Å². The Balaban J connectivity index is 1.29. The van der Waals surface area contributed by atoms with Crippen LogP contribution in [0.15, 0.2) is 133 Å². The van der Waals surface area contributed by atoms with Gasteiger partial charge in [-0.1, -0.05) is 90.8 Å². The van der Waals surface area contributed by atoms with Crippen LogP contribution in [0.3, 0.4) is 0 Å². The molecule has 0 saturated heterocycles. The highest BCUT2D eigenvalue weighted by Gasteiger charge is 2.65. The Labute approximate surface area is 346 Å². The second-order valence-electron chi connectivity index (χ2n) is 16.0. The Kier molecular flexibility index (Phi) is 12.2. The van der Waals surface area contributed by atoms with Gasteiger partial charge in [-0.3, -0.25) is 4.79 Å². The van der Waals surface area contributed by atoms with E-state index in [1.807, 2.05) is 79.8 Å². The zero-order valence-electron chi connectivity index (χ0n) is 34.0. The number of likely N-dealkylation sites (N-methyl/N-ethyl adjacent to an activating group) is 1. The lowest BCUT2D eigenvalue weighted by Crippen LogP contribution is -2.69. The molecule has 59 heavy (non-hydrogen) atoms. The lowest BCUT2D eigenvalue weighted by atomic mass is 9.55. The van der Waals surface area contributed by atoms with Crippen LogP contribution in [0.2, 0.25) is 0 Å². The van der Waals surface area contributed by atoms with Gasteiger partial charge in [0, 0.05) is 43.7 Å². The third-order valence-corrected chi connectivity index (χ3v) is 12.6. The smallest absolute Gasteiger partial charge is 0.254 e. The molecule has 3 aliphatic rings.